The molecule has 198 valence electrons. The molecule has 6 heteroatoms. The Kier molecular flexibility index (Phi) is 9.79. The van der Waals surface area contributed by atoms with Crippen molar-refractivity contribution in [1.29, 1.82) is 0 Å². The van der Waals surface area contributed by atoms with Crippen LogP contribution < -0.4 is 0 Å². The topological polar surface area (TPSA) is 109 Å². The van der Waals surface area contributed by atoms with Gasteiger partial charge in [0.15, 0.2) is 11.6 Å². The van der Waals surface area contributed by atoms with Gasteiger partial charge in [0.05, 0.1) is 0 Å². The first-order chi connectivity index (χ1) is 17.7. The van der Waals surface area contributed by atoms with Crippen molar-refractivity contribution in [3.8, 4) is 11.1 Å². The molecule has 0 bridgehead atoms. The zero-order chi connectivity index (χ0) is 27.0. The van der Waals surface area contributed by atoms with Crippen LogP contribution in [0.3, 0.4) is 0 Å². The Morgan fingerprint density at radius 3 is 1.38 bits per heavy atom. The molecule has 6 nitrogen and oxygen atoms in total. The molecule has 0 amide bonds. The lowest BCUT2D eigenvalue weighted by molar-refractivity contribution is -0.137. The van der Waals surface area contributed by atoms with E-state index in [2.05, 4.69) is 13.8 Å². The van der Waals surface area contributed by atoms with Gasteiger partial charge in [-0.15, -0.1) is 0 Å². The van der Waals surface area contributed by atoms with Crippen LogP contribution in [0.1, 0.15) is 123 Å². The van der Waals surface area contributed by atoms with Crippen molar-refractivity contribution in [3.63, 3.8) is 0 Å². The molecule has 1 aliphatic carbocycles. The van der Waals surface area contributed by atoms with Gasteiger partial charge in [0.1, 0.15) is 0 Å². The highest BCUT2D eigenvalue weighted by molar-refractivity contribution is 5.99. The van der Waals surface area contributed by atoms with E-state index in [1.54, 1.807) is 0 Å². The number of carboxylic acids is 2. The van der Waals surface area contributed by atoms with E-state index in [0.29, 0.717) is 24.0 Å². The molecule has 0 spiro atoms. The Labute approximate surface area is 219 Å². The molecule has 0 saturated heterocycles. The minimum atomic E-state index is -0.969. The van der Waals surface area contributed by atoms with Gasteiger partial charge in [-0.2, -0.15) is 0 Å². The van der Waals surface area contributed by atoms with Crippen molar-refractivity contribution in [2.24, 2.45) is 0 Å². The summed E-state index contributed by atoms with van der Waals surface area (Å²) in [5, 5.41) is 19.1. The number of hydrogen-bond donors (Lipinski definition) is 2. The Morgan fingerprint density at radius 1 is 0.622 bits per heavy atom. The van der Waals surface area contributed by atoms with Crippen LogP contribution in [0.5, 0.6) is 0 Å². The Hall–Kier alpha value is -3.28. The second-order valence-electron chi connectivity index (χ2n) is 10.2. The van der Waals surface area contributed by atoms with Crippen LogP contribution in [0.15, 0.2) is 36.4 Å². The minimum Gasteiger partial charge on any atom is -0.481 e. The van der Waals surface area contributed by atoms with E-state index in [-0.39, 0.29) is 37.2 Å². The summed E-state index contributed by atoms with van der Waals surface area (Å²) in [6.45, 7) is 4.17. The molecular formula is C31H38O6. The Morgan fingerprint density at radius 2 is 1.03 bits per heavy atom. The first kappa shape index (κ1) is 28.3. The predicted octanol–water partition coefficient (Wildman–Crippen LogP) is 7.21. The summed E-state index contributed by atoms with van der Waals surface area (Å²) >= 11 is 0. The first-order valence-corrected chi connectivity index (χ1v) is 13.5. The third-order valence-electron chi connectivity index (χ3n) is 7.55. The van der Waals surface area contributed by atoms with Crippen molar-refractivity contribution >= 4 is 23.5 Å². The Bertz CT molecular complexity index is 1070. The van der Waals surface area contributed by atoms with Crippen LogP contribution in [-0.2, 0) is 15.0 Å². The monoisotopic (exact) mass is 506 g/mol. The van der Waals surface area contributed by atoms with Gasteiger partial charge < -0.3 is 10.2 Å². The molecular weight excluding hydrogens is 468 g/mol. The SMILES string of the molecule is CCCCCC(=O)c1ccc2c(c1)C(CCC(=O)O)(CCC(=O)O)c1cc(C(=O)CCCCC)ccc1-2. The highest BCUT2D eigenvalue weighted by Gasteiger charge is 2.44. The molecule has 0 aliphatic heterocycles. The van der Waals surface area contributed by atoms with E-state index in [4.69, 9.17) is 0 Å². The van der Waals surface area contributed by atoms with Gasteiger partial charge in [0, 0.05) is 42.2 Å². The third-order valence-corrected chi connectivity index (χ3v) is 7.55. The summed E-state index contributed by atoms with van der Waals surface area (Å²) in [5.41, 5.74) is 3.56. The average molecular weight is 507 g/mol. The molecule has 2 aromatic rings. The van der Waals surface area contributed by atoms with Crippen molar-refractivity contribution in [2.45, 2.75) is 96.3 Å². The molecule has 3 rings (SSSR count). The number of Topliss-reactive ketones (excluding diaryl/α,β-unsaturated/α-hetero) is 2. The molecule has 1 aliphatic rings. The summed E-state index contributed by atoms with van der Waals surface area (Å²) in [6, 6.07) is 11.1. The maximum absolute atomic E-state index is 13.0. The molecule has 0 atom stereocenters. The van der Waals surface area contributed by atoms with Crippen molar-refractivity contribution in [1.82, 2.24) is 0 Å². The molecule has 0 fully saturated rings. The van der Waals surface area contributed by atoms with Crippen LogP contribution in [0.4, 0.5) is 0 Å². The molecule has 0 aromatic heterocycles. The molecule has 0 heterocycles. The lowest BCUT2D eigenvalue weighted by Gasteiger charge is -2.32. The van der Waals surface area contributed by atoms with Crippen molar-refractivity contribution < 1.29 is 29.4 Å². The number of carbonyl (C=O) groups excluding carboxylic acids is 2. The number of carboxylic acid groups (broad SMARTS) is 2. The fourth-order valence-corrected chi connectivity index (χ4v) is 5.51. The van der Waals surface area contributed by atoms with Crippen molar-refractivity contribution in [3.05, 3.63) is 58.7 Å². The highest BCUT2D eigenvalue weighted by Crippen LogP contribution is 2.54. The largest absolute Gasteiger partial charge is 0.481 e. The van der Waals surface area contributed by atoms with Gasteiger partial charge in [-0.05, 0) is 60.1 Å². The van der Waals surface area contributed by atoms with Crippen LogP contribution in [0, 0.1) is 0 Å². The van der Waals surface area contributed by atoms with E-state index in [1.165, 1.54) is 0 Å². The molecule has 0 unspecified atom stereocenters. The maximum atomic E-state index is 13.0. The molecule has 37 heavy (non-hydrogen) atoms. The number of fused-ring (bicyclic) bond motifs is 3. The van der Waals surface area contributed by atoms with Crippen LogP contribution in [-0.4, -0.2) is 33.7 Å². The summed E-state index contributed by atoms with van der Waals surface area (Å²) in [6.07, 6.45) is 6.53. The lowest BCUT2D eigenvalue weighted by atomic mass is 9.70. The molecule has 0 saturated carbocycles. The predicted molar refractivity (Wildman–Crippen MR) is 143 cm³/mol. The maximum Gasteiger partial charge on any atom is 0.303 e. The van der Waals surface area contributed by atoms with Crippen LogP contribution in [0.2, 0.25) is 0 Å². The summed E-state index contributed by atoms with van der Waals surface area (Å²) in [4.78, 5) is 49.3. The van der Waals surface area contributed by atoms with E-state index in [9.17, 15) is 29.4 Å². The quantitative estimate of drug-likeness (QED) is 0.184. The van der Waals surface area contributed by atoms with Crippen molar-refractivity contribution in [2.75, 3.05) is 0 Å². The number of hydrogen-bond acceptors (Lipinski definition) is 4. The van der Waals surface area contributed by atoms with Gasteiger partial charge >= 0.3 is 11.9 Å². The fraction of sp³-hybridized carbons (Fsp3) is 0.484. The Balaban J connectivity index is 2.12. The lowest BCUT2D eigenvalue weighted by Crippen LogP contribution is -2.28. The van der Waals surface area contributed by atoms with Gasteiger partial charge in [0.25, 0.3) is 0 Å². The third kappa shape index (κ3) is 6.54. The minimum absolute atomic E-state index is 0.0318. The van der Waals surface area contributed by atoms with E-state index in [0.717, 1.165) is 60.8 Å². The zero-order valence-electron chi connectivity index (χ0n) is 22.0. The van der Waals surface area contributed by atoms with Crippen LogP contribution >= 0.6 is 0 Å². The number of rotatable bonds is 16. The van der Waals surface area contributed by atoms with E-state index < -0.39 is 17.4 Å². The fourth-order valence-electron chi connectivity index (χ4n) is 5.51. The van der Waals surface area contributed by atoms with Crippen LogP contribution in [0.25, 0.3) is 11.1 Å². The molecule has 2 N–H and O–H groups in total. The van der Waals surface area contributed by atoms with Gasteiger partial charge in [0.2, 0.25) is 0 Å². The number of benzene rings is 2. The average Bonchev–Trinajstić information content (AvgIpc) is 3.15. The number of ketones is 2. The summed E-state index contributed by atoms with van der Waals surface area (Å²) in [7, 11) is 0. The van der Waals surface area contributed by atoms with E-state index >= 15 is 0 Å². The normalized spacial score (nSPS) is 13.1. The summed E-state index contributed by atoms with van der Waals surface area (Å²) in [5.74, 6) is -1.87. The van der Waals surface area contributed by atoms with Gasteiger partial charge in [-0.1, -0.05) is 63.8 Å². The zero-order valence-corrected chi connectivity index (χ0v) is 22.0. The summed E-state index contributed by atoms with van der Waals surface area (Å²) < 4.78 is 0. The smallest absolute Gasteiger partial charge is 0.303 e. The van der Waals surface area contributed by atoms with Gasteiger partial charge in [-0.3, -0.25) is 19.2 Å². The van der Waals surface area contributed by atoms with Gasteiger partial charge in [-0.25, -0.2) is 0 Å². The second kappa shape index (κ2) is 12.8. The standard InChI is InChI=1S/C31H38O6/c1-3-5-7-9-27(32)21-11-13-23-24-14-12-22(28(33)10-8-6-4-2)20-26(24)31(25(23)19-21,17-15-29(34)35)18-16-30(36)37/h11-14,19-20H,3-10,15-18H2,1-2H3,(H,34,35)(H,36,37). The first-order valence-electron chi connectivity index (χ1n) is 13.5. The highest BCUT2D eigenvalue weighted by atomic mass is 16.4. The molecule has 2 aromatic carbocycles. The molecule has 0 radical (unpaired) electrons. The number of aliphatic carboxylic acids is 2. The number of carbonyl (C=O) groups is 4. The number of unbranched alkanes of at least 4 members (excludes halogenated alkanes) is 4. The second-order valence-corrected chi connectivity index (χ2v) is 10.2. The van der Waals surface area contributed by atoms with E-state index in [1.807, 2.05) is 36.4 Å².